The Morgan fingerprint density at radius 3 is 2.89 bits per heavy atom. The lowest BCUT2D eigenvalue weighted by Crippen LogP contribution is -2.31. The summed E-state index contributed by atoms with van der Waals surface area (Å²) in [6.45, 7) is 1.23. The Morgan fingerprint density at radius 1 is 1.29 bits per heavy atom. The fourth-order valence-corrected chi connectivity index (χ4v) is 2.53. The van der Waals surface area contributed by atoms with Gasteiger partial charge in [0.05, 0.1) is 18.8 Å². The van der Waals surface area contributed by atoms with E-state index in [-0.39, 0.29) is 29.1 Å². The molecular formula is C17H18F3N5O3. The van der Waals surface area contributed by atoms with Crippen LogP contribution in [0.5, 0.6) is 5.75 Å². The van der Waals surface area contributed by atoms with Gasteiger partial charge in [0, 0.05) is 25.1 Å². The number of ether oxygens (including phenoxy) is 2. The van der Waals surface area contributed by atoms with Gasteiger partial charge in [0.25, 0.3) is 12.3 Å². The van der Waals surface area contributed by atoms with Crippen LogP contribution >= 0.6 is 0 Å². The van der Waals surface area contributed by atoms with Crippen molar-refractivity contribution >= 4 is 17.5 Å². The van der Waals surface area contributed by atoms with Crippen LogP contribution in [0.4, 0.5) is 24.8 Å². The first kappa shape index (κ1) is 19.8. The molecule has 2 atom stereocenters. The number of hydrogen-bond donors (Lipinski definition) is 2. The summed E-state index contributed by atoms with van der Waals surface area (Å²) in [6, 6.07) is 2.59. The zero-order valence-corrected chi connectivity index (χ0v) is 14.6. The molecule has 11 heteroatoms. The molecule has 28 heavy (non-hydrogen) atoms. The molecule has 1 aliphatic rings. The number of rotatable bonds is 7. The van der Waals surface area contributed by atoms with E-state index in [2.05, 4.69) is 30.3 Å². The van der Waals surface area contributed by atoms with Gasteiger partial charge >= 0.3 is 6.43 Å². The molecule has 1 aliphatic heterocycles. The maximum Gasteiger partial charge on any atom is 0.304 e. The molecule has 0 radical (unpaired) electrons. The van der Waals surface area contributed by atoms with Crippen LogP contribution in [-0.4, -0.2) is 52.9 Å². The number of pyridine rings is 1. The monoisotopic (exact) mass is 397 g/mol. The zero-order chi connectivity index (χ0) is 19.9. The first-order chi connectivity index (χ1) is 13.5. The summed E-state index contributed by atoms with van der Waals surface area (Å²) in [5.74, 6) is -0.675. The van der Waals surface area contributed by atoms with Crippen molar-refractivity contribution in [3.63, 3.8) is 0 Å². The summed E-state index contributed by atoms with van der Waals surface area (Å²) in [6.07, 6.45) is -0.557. The van der Waals surface area contributed by atoms with Crippen LogP contribution in [-0.2, 0) is 4.74 Å². The molecule has 1 fully saturated rings. The molecule has 2 aromatic heterocycles. The van der Waals surface area contributed by atoms with E-state index in [1.807, 2.05) is 0 Å². The zero-order valence-electron chi connectivity index (χ0n) is 14.6. The van der Waals surface area contributed by atoms with Crippen LogP contribution in [0.1, 0.15) is 23.3 Å². The highest BCUT2D eigenvalue weighted by atomic mass is 19.3. The lowest BCUT2D eigenvalue weighted by atomic mass is 10.1. The Morgan fingerprint density at radius 2 is 2.14 bits per heavy atom. The predicted octanol–water partition coefficient (Wildman–Crippen LogP) is 2.65. The molecule has 0 saturated carbocycles. The second-order valence-electron chi connectivity index (χ2n) is 5.95. The molecule has 0 bridgehead atoms. The molecule has 150 valence electrons. The third-order valence-corrected chi connectivity index (χ3v) is 3.85. The van der Waals surface area contributed by atoms with E-state index in [1.54, 1.807) is 0 Å². The normalized spacial score (nSPS) is 17.8. The van der Waals surface area contributed by atoms with Crippen molar-refractivity contribution in [1.29, 1.82) is 0 Å². The highest BCUT2D eigenvalue weighted by molar-refractivity contribution is 6.03. The van der Waals surface area contributed by atoms with Crippen molar-refractivity contribution in [2.75, 3.05) is 23.8 Å². The predicted molar refractivity (Wildman–Crippen MR) is 93.2 cm³/mol. The van der Waals surface area contributed by atoms with Crippen LogP contribution in [0, 0.1) is 0 Å². The average Bonchev–Trinajstić information content (AvgIpc) is 2.70. The van der Waals surface area contributed by atoms with Crippen molar-refractivity contribution in [1.82, 2.24) is 15.0 Å². The van der Waals surface area contributed by atoms with Gasteiger partial charge in [-0.2, -0.15) is 4.39 Å². The van der Waals surface area contributed by atoms with Crippen molar-refractivity contribution in [2.24, 2.45) is 0 Å². The Kier molecular flexibility index (Phi) is 6.58. The van der Waals surface area contributed by atoms with Crippen LogP contribution in [0.25, 0.3) is 0 Å². The van der Waals surface area contributed by atoms with E-state index in [4.69, 9.17) is 4.74 Å². The molecule has 1 saturated heterocycles. The largest absolute Gasteiger partial charge is 0.452 e. The first-order valence-electron chi connectivity index (χ1n) is 8.54. The van der Waals surface area contributed by atoms with E-state index >= 15 is 0 Å². The fraction of sp³-hybridized carbons (Fsp3) is 0.412. The van der Waals surface area contributed by atoms with Crippen molar-refractivity contribution < 1.29 is 27.4 Å². The van der Waals surface area contributed by atoms with Crippen molar-refractivity contribution in [2.45, 2.75) is 31.7 Å². The molecule has 3 rings (SSSR count). The van der Waals surface area contributed by atoms with Gasteiger partial charge in [0.1, 0.15) is 17.1 Å². The highest BCUT2D eigenvalue weighted by Gasteiger charge is 2.23. The quantitative estimate of drug-likeness (QED) is 0.741. The fourth-order valence-electron chi connectivity index (χ4n) is 2.53. The topological polar surface area (TPSA) is 98.3 Å². The average molecular weight is 397 g/mol. The molecule has 3 heterocycles. The number of hydrogen-bond acceptors (Lipinski definition) is 7. The molecule has 8 nitrogen and oxygen atoms in total. The first-order valence-corrected chi connectivity index (χ1v) is 8.54. The van der Waals surface area contributed by atoms with Gasteiger partial charge in [-0.1, -0.05) is 0 Å². The number of amides is 1. The number of halogens is 3. The summed E-state index contributed by atoms with van der Waals surface area (Å²) in [4.78, 5) is 24.4. The van der Waals surface area contributed by atoms with E-state index in [0.29, 0.717) is 13.2 Å². The highest BCUT2D eigenvalue weighted by Crippen LogP contribution is 2.26. The third-order valence-electron chi connectivity index (χ3n) is 3.85. The maximum absolute atomic E-state index is 13.2. The van der Waals surface area contributed by atoms with Gasteiger partial charge < -0.3 is 20.1 Å². The second-order valence-corrected chi connectivity index (χ2v) is 5.95. The summed E-state index contributed by atoms with van der Waals surface area (Å²) >= 11 is 0. The SMILES string of the molecule is O=C(Nc1cnccc1OC(F)C(F)F)c1ccnc(NC2CCCOC2)n1. The molecular weight excluding hydrogens is 379 g/mol. The Labute approximate surface area is 158 Å². The lowest BCUT2D eigenvalue weighted by molar-refractivity contribution is -0.0665. The van der Waals surface area contributed by atoms with Gasteiger partial charge in [-0.3, -0.25) is 9.78 Å². The Bertz CT molecular complexity index is 805. The summed E-state index contributed by atoms with van der Waals surface area (Å²) in [5.41, 5.74) is -0.0423. The summed E-state index contributed by atoms with van der Waals surface area (Å²) in [5, 5.41) is 5.51. The van der Waals surface area contributed by atoms with E-state index < -0.39 is 18.7 Å². The summed E-state index contributed by atoms with van der Waals surface area (Å²) in [7, 11) is 0. The van der Waals surface area contributed by atoms with Gasteiger partial charge in [-0.15, -0.1) is 0 Å². The number of carbonyl (C=O) groups is 1. The lowest BCUT2D eigenvalue weighted by Gasteiger charge is -2.23. The summed E-state index contributed by atoms with van der Waals surface area (Å²) < 4.78 is 47.8. The minimum Gasteiger partial charge on any atom is -0.452 e. The van der Waals surface area contributed by atoms with E-state index in [0.717, 1.165) is 19.0 Å². The molecule has 0 aliphatic carbocycles. The van der Waals surface area contributed by atoms with Crippen LogP contribution in [0.3, 0.4) is 0 Å². The van der Waals surface area contributed by atoms with Crippen molar-refractivity contribution in [3.8, 4) is 5.75 Å². The van der Waals surface area contributed by atoms with Gasteiger partial charge in [-0.05, 0) is 18.9 Å². The minimum absolute atomic E-state index is 0.0229. The molecule has 2 unspecified atom stereocenters. The van der Waals surface area contributed by atoms with Crippen LogP contribution in [0.2, 0.25) is 0 Å². The number of nitrogens with zero attached hydrogens (tertiary/aromatic N) is 3. The van der Waals surface area contributed by atoms with Gasteiger partial charge in [-0.25, -0.2) is 18.7 Å². The minimum atomic E-state index is -3.32. The maximum atomic E-state index is 13.2. The number of alkyl halides is 3. The van der Waals surface area contributed by atoms with Crippen LogP contribution in [0.15, 0.2) is 30.7 Å². The van der Waals surface area contributed by atoms with Gasteiger partial charge in [0.2, 0.25) is 5.95 Å². The smallest absolute Gasteiger partial charge is 0.304 e. The Hall–Kier alpha value is -2.95. The van der Waals surface area contributed by atoms with E-state index in [9.17, 15) is 18.0 Å². The molecule has 0 spiro atoms. The number of carbonyl (C=O) groups excluding carboxylic acids is 1. The van der Waals surface area contributed by atoms with Crippen molar-refractivity contribution in [3.05, 3.63) is 36.4 Å². The van der Waals surface area contributed by atoms with Crippen LogP contribution < -0.4 is 15.4 Å². The molecule has 1 amide bonds. The number of nitrogens with one attached hydrogen (secondary N) is 2. The third kappa shape index (κ3) is 5.28. The second kappa shape index (κ2) is 9.31. The molecule has 0 aromatic carbocycles. The standard InChI is InChI=1S/C17H18F3N5O3/c18-14(19)15(20)28-13-4-5-21-8-12(13)24-16(26)11-3-6-22-17(25-11)23-10-2-1-7-27-9-10/h3-6,8,10,14-15H,1-2,7,9H2,(H,24,26)(H,22,23,25). The number of anilines is 2. The molecule has 2 N–H and O–H groups in total. The van der Waals surface area contributed by atoms with Gasteiger partial charge in [0.15, 0.2) is 0 Å². The molecule has 2 aromatic rings. The van der Waals surface area contributed by atoms with E-state index in [1.165, 1.54) is 24.5 Å². The Balaban J connectivity index is 1.69. The number of aromatic nitrogens is 3.